The maximum atomic E-state index is 10.5. The molecule has 58 heavy (non-hydrogen) atoms. The minimum Gasteiger partial charge on any atom is -0.308 e. The molecule has 0 aliphatic rings. The van der Waals surface area contributed by atoms with Crippen LogP contribution >= 0.6 is 0 Å². The number of para-hydroxylation sites is 3. The Morgan fingerprint density at radius 2 is 0.810 bits per heavy atom. The number of nitriles is 3. The van der Waals surface area contributed by atoms with Crippen LogP contribution in [0.5, 0.6) is 0 Å². The fraction of sp³-hybridized carbons (Fsp3) is 0. The summed E-state index contributed by atoms with van der Waals surface area (Å²) in [4.78, 5) is 3.77. The number of rotatable bonds is 5. The minimum absolute atomic E-state index is 0.525. The lowest BCUT2D eigenvalue weighted by Crippen LogP contribution is -2.00. The lowest BCUT2D eigenvalue weighted by molar-refractivity contribution is 1.16. The fourth-order valence-electron chi connectivity index (χ4n) is 8.43. The third-order valence-corrected chi connectivity index (χ3v) is 11.1. The molecule has 0 amide bonds. The number of hydrogen-bond donors (Lipinski definition) is 0. The van der Waals surface area contributed by atoms with E-state index in [1.807, 2.05) is 109 Å². The maximum absolute atomic E-state index is 10.5. The van der Waals surface area contributed by atoms with Crippen molar-refractivity contribution in [2.24, 2.45) is 0 Å². The monoisotopic (exact) mass is 736 g/mol. The summed E-state index contributed by atoms with van der Waals surface area (Å²) < 4.78 is 4.30. The zero-order valence-electron chi connectivity index (χ0n) is 30.8. The number of nitrogens with zero attached hydrogens (tertiary/aromatic N) is 6. The first-order valence-corrected chi connectivity index (χ1v) is 18.7. The van der Waals surface area contributed by atoms with E-state index in [0.717, 1.165) is 88.4 Å². The maximum Gasteiger partial charge on any atom is 0.194 e. The van der Waals surface area contributed by atoms with Gasteiger partial charge in [0.05, 0.1) is 62.8 Å². The van der Waals surface area contributed by atoms with Crippen molar-refractivity contribution in [3.05, 3.63) is 198 Å². The molecule has 0 saturated heterocycles. The van der Waals surface area contributed by atoms with E-state index < -0.39 is 0 Å². The van der Waals surface area contributed by atoms with Crippen molar-refractivity contribution in [3.63, 3.8) is 0 Å². The van der Waals surface area contributed by atoms with Gasteiger partial charge in [0.25, 0.3) is 0 Å². The minimum atomic E-state index is 0.525. The van der Waals surface area contributed by atoms with Gasteiger partial charge in [-0.25, -0.2) is 4.85 Å². The topological polar surface area (TPSA) is 85.6 Å². The molecule has 0 spiro atoms. The normalized spacial score (nSPS) is 11.0. The zero-order chi connectivity index (χ0) is 39.3. The van der Waals surface area contributed by atoms with Crippen LogP contribution in [0.3, 0.4) is 0 Å². The number of hydrogen-bond acceptors (Lipinski definition) is 3. The fourth-order valence-corrected chi connectivity index (χ4v) is 8.43. The Morgan fingerprint density at radius 3 is 1.34 bits per heavy atom. The molecule has 0 N–H and O–H groups in total. The van der Waals surface area contributed by atoms with Crippen LogP contribution in [-0.4, -0.2) is 9.13 Å². The first kappa shape index (κ1) is 33.9. The van der Waals surface area contributed by atoms with Crippen molar-refractivity contribution in [2.45, 2.75) is 0 Å². The summed E-state index contributed by atoms with van der Waals surface area (Å²) in [5.74, 6) is 0. The summed E-state index contributed by atoms with van der Waals surface area (Å²) in [7, 11) is 0. The summed E-state index contributed by atoms with van der Waals surface area (Å²) >= 11 is 0. The summed E-state index contributed by atoms with van der Waals surface area (Å²) in [5.41, 5.74) is 13.0. The second-order valence-electron chi connectivity index (χ2n) is 14.1. The molecule has 2 heterocycles. The molecule has 0 bridgehead atoms. The van der Waals surface area contributed by atoms with Crippen molar-refractivity contribution < 1.29 is 0 Å². The van der Waals surface area contributed by atoms with E-state index in [4.69, 9.17) is 6.57 Å². The van der Waals surface area contributed by atoms with Crippen LogP contribution in [0.1, 0.15) is 16.7 Å². The van der Waals surface area contributed by atoms with Crippen molar-refractivity contribution >= 4 is 49.3 Å². The van der Waals surface area contributed by atoms with Gasteiger partial charge >= 0.3 is 0 Å². The lowest BCUT2D eigenvalue weighted by Gasteiger charge is -2.15. The van der Waals surface area contributed by atoms with Gasteiger partial charge < -0.3 is 9.13 Å². The predicted molar refractivity (Wildman–Crippen MR) is 232 cm³/mol. The molecule has 10 rings (SSSR count). The van der Waals surface area contributed by atoms with Crippen LogP contribution in [-0.2, 0) is 0 Å². The van der Waals surface area contributed by atoms with Gasteiger partial charge in [0.1, 0.15) is 12.1 Å². The Balaban J connectivity index is 1.16. The van der Waals surface area contributed by atoms with Crippen LogP contribution in [0.15, 0.2) is 170 Å². The molecule has 0 radical (unpaired) electrons. The molecule has 10 aromatic rings. The van der Waals surface area contributed by atoms with Gasteiger partial charge in [0.2, 0.25) is 0 Å². The van der Waals surface area contributed by atoms with E-state index in [0.29, 0.717) is 22.4 Å². The first-order valence-electron chi connectivity index (χ1n) is 18.7. The first-order chi connectivity index (χ1) is 28.6. The smallest absolute Gasteiger partial charge is 0.194 e. The average Bonchev–Trinajstić information content (AvgIpc) is 3.80. The van der Waals surface area contributed by atoms with Gasteiger partial charge in [0, 0.05) is 21.5 Å². The van der Waals surface area contributed by atoms with Crippen LogP contribution < -0.4 is 0 Å². The highest BCUT2D eigenvalue weighted by Gasteiger charge is 2.20. The molecule has 8 aromatic carbocycles. The Kier molecular flexibility index (Phi) is 7.92. The number of fused-ring (bicyclic) bond motifs is 6. The van der Waals surface area contributed by atoms with Crippen molar-refractivity contribution in [1.82, 2.24) is 9.13 Å². The summed E-state index contributed by atoms with van der Waals surface area (Å²) in [6.07, 6.45) is 0. The predicted octanol–water partition coefficient (Wildman–Crippen LogP) is 13.0. The molecule has 0 aliphatic carbocycles. The molecule has 0 fully saturated rings. The van der Waals surface area contributed by atoms with E-state index in [-0.39, 0.29) is 0 Å². The van der Waals surface area contributed by atoms with Crippen molar-refractivity contribution in [2.75, 3.05) is 0 Å². The van der Waals surface area contributed by atoms with Crippen LogP contribution in [0.25, 0.3) is 93.2 Å². The van der Waals surface area contributed by atoms with Crippen LogP contribution in [0.2, 0.25) is 0 Å². The second kappa shape index (κ2) is 13.6. The molecule has 0 unspecified atom stereocenters. The summed E-state index contributed by atoms with van der Waals surface area (Å²) in [6, 6.07) is 63.1. The van der Waals surface area contributed by atoms with Gasteiger partial charge in [-0.15, -0.1) is 0 Å². The van der Waals surface area contributed by atoms with E-state index >= 15 is 0 Å². The largest absolute Gasteiger partial charge is 0.308 e. The van der Waals surface area contributed by atoms with Crippen molar-refractivity contribution in [1.29, 1.82) is 15.8 Å². The van der Waals surface area contributed by atoms with Gasteiger partial charge in [-0.05, 0) is 100 Å². The molecular weight excluding hydrogens is 709 g/mol. The standard InChI is InChI=1S/C52H28N6/c1-56-46-15-7-4-12-41(46)36-23-25-50-45(27-36)43-14-6-9-17-48(43)58(50)52-29-34(19-21-39(52)32-55)33-18-20-38(31-54)51(28-33)57-47-16-8-5-13-42(47)44-26-35(22-24-49(44)57)40-11-3-2-10-37(40)30-53/h2-29H. The summed E-state index contributed by atoms with van der Waals surface area (Å²) in [5, 5.41) is 34.9. The Morgan fingerprint density at radius 1 is 0.379 bits per heavy atom. The third-order valence-electron chi connectivity index (χ3n) is 11.1. The number of aromatic nitrogens is 2. The van der Waals surface area contributed by atoms with E-state index in [2.05, 4.69) is 92.9 Å². The Bertz CT molecular complexity index is 3280. The van der Waals surface area contributed by atoms with Crippen LogP contribution in [0.4, 0.5) is 5.69 Å². The van der Waals surface area contributed by atoms with E-state index in [1.54, 1.807) is 0 Å². The Labute approximate surface area is 334 Å². The lowest BCUT2D eigenvalue weighted by atomic mass is 9.98. The third kappa shape index (κ3) is 5.23. The molecule has 0 atom stereocenters. The zero-order valence-corrected chi connectivity index (χ0v) is 30.8. The molecule has 0 aliphatic heterocycles. The Hall–Kier alpha value is -8.68. The van der Waals surface area contributed by atoms with Crippen molar-refractivity contribution in [3.8, 4) is 63.0 Å². The molecule has 2 aromatic heterocycles. The van der Waals surface area contributed by atoms with Gasteiger partial charge in [-0.3, -0.25) is 0 Å². The molecule has 0 saturated carbocycles. The molecule has 266 valence electrons. The van der Waals surface area contributed by atoms with E-state index in [9.17, 15) is 15.8 Å². The molecule has 6 nitrogen and oxygen atoms in total. The SMILES string of the molecule is [C-]#[N+]c1ccccc1-c1ccc2c(c1)c1ccccc1n2-c1cc(-c2ccc(C#N)c(-n3c4ccccc4c4cc(-c5ccccc5C#N)ccc43)c2)ccc1C#N. The highest BCUT2D eigenvalue weighted by molar-refractivity contribution is 6.12. The van der Waals surface area contributed by atoms with Gasteiger partial charge in [-0.1, -0.05) is 103 Å². The molecule has 6 heteroatoms. The van der Waals surface area contributed by atoms with E-state index in [1.165, 1.54) is 0 Å². The second-order valence-corrected chi connectivity index (χ2v) is 14.1. The van der Waals surface area contributed by atoms with Gasteiger partial charge in [-0.2, -0.15) is 15.8 Å². The summed E-state index contributed by atoms with van der Waals surface area (Å²) in [6.45, 7) is 7.74. The highest BCUT2D eigenvalue weighted by Crippen LogP contribution is 2.41. The van der Waals surface area contributed by atoms with Gasteiger partial charge in [0.15, 0.2) is 5.69 Å². The van der Waals surface area contributed by atoms with Crippen LogP contribution in [0, 0.1) is 40.6 Å². The number of benzene rings is 8. The molecular formula is C52H28N6. The highest BCUT2D eigenvalue weighted by atomic mass is 15.0. The average molecular weight is 737 g/mol. The quantitative estimate of drug-likeness (QED) is 0.165.